The number of carbonyl (C=O) groups is 1. The molecule has 2 amide bonds. The number of aromatic nitrogens is 4. The number of nitrogens with one attached hydrogen (secondary N) is 2. The van der Waals surface area contributed by atoms with Crippen LogP contribution < -0.4 is 10.9 Å². The highest BCUT2D eigenvalue weighted by molar-refractivity contribution is 5.76. The second-order valence-corrected chi connectivity index (χ2v) is 7.99. The molecule has 4 rings (SSSR count). The van der Waals surface area contributed by atoms with Crippen molar-refractivity contribution in [2.45, 2.75) is 33.0 Å². The average Bonchev–Trinajstić information content (AvgIpc) is 3.13. The molecule has 3 aromatic rings. The van der Waals surface area contributed by atoms with Crippen molar-refractivity contribution in [2.24, 2.45) is 5.41 Å². The molecule has 8 nitrogen and oxygen atoms in total. The first kappa shape index (κ1) is 18.9. The zero-order chi connectivity index (χ0) is 20.4. The van der Waals surface area contributed by atoms with Gasteiger partial charge in [0.25, 0.3) is 5.56 Å². The molecule has 1 fully saturated rings. The summed E-state index contributed by atoms with van der Waals surface area (Å²) < 4.78 is 2.10. The first-order chi connectivity index (χ1) is 13.9. The average molecular weight is 392 g/mol. The Bertz CT molecular complexity index is 1040. The van der Waals surface area contributed by atoms with Crippen LogP contribution in [0.25, 0.3) is 0 Å². The molecule has 1 saturated heterocycles. The van der Waals surface area contributed by atoms with Crippen LogP contribution in [-0.4, -0.2) is 37.2 Å². The molecular weight excluding hydrogens is 368 g/mol. The first-order valence-electron chi connectivity index (χ1n) is 9.58. The molecule has 3 heterocycles. The number of hydrogen-bond donors (Lipinski definition) is 2. The van der Waals surface area contributed by atoms with Crippen molar-refractivity contribution < 1.29 is 4.79 Å². The summed E-state index contributed by atoms with van der Waals surface area (Å²) in [5.74, 6) is 0.877. The van der Waals surface area contributed by atoms with Crippen LogP contribution in [0.1, 0.15) is 37.0 Å². The van der Waals surface area contributed by atoms with Crippen molar-refractivity contribution in [2.75, 3.05) is 6.54 Å². The van der Waals surface area contributed by atoms with E-state index in [-0.39, 0.29) is 29.6 Å². The highest BCUT2D eigenvalue weighted by atomic mass is 16.2. The minimum absolute atomic E-state index is 0.0760. The minimum atomic E-state index is -0.269. The zero-order valence-corrected chi connectivity index (χ0v) is 16.5. The third-order valence-electron chi connectivity index (χ3n) is 5.24. The van der Waals surface area contributed by atoms with Crippen LogP contribution in [0, 0.1) is 5.41 Å². The van der Waals surface area contributed by atoms with Gasteiger partial charge in [0.1, 0.15) is 5.82 Å². The Hall–Kier alpha value is -3.42. The van der Waals surface area contributed by atoms with Gasteiger partial charge in [-0.25, -0.2) is 14.9 Å². The van der Waals surface area contributed by atoms with E-state index in [4.69, 9.17) is 0 Å². The highest BCUT2D eigenvalue weighted by Gasteiger charge is 2.51. The van der Waals surface area contributed by atoms with Gasteiger partial charge in [-0.05, 0) is 11.6 Å². The fourth-order valence-electron chi connectivity index (χ4n) is 3.83. The Labute approximate surface area is 168 Å². The van der Waals surface area contributed by atoms with Gasteiger partial charge in [0.05, 0.1) is 18.3 Å². The summed E-state index contributed by atoms with van der Waals surface area (Å²) in [6.45, 7) is 5.89. The summed E-state index contributed by atoms with van der Waals surface area (Å²) in [5.41, 5.74) is 1.44. The molecule has 1 unspecified atom stereocenters. The molecular formula is C21H24N6O2. The van der Waals surface area contributed by atoms with Crippen molar-refractivity contribution in [3.63, 3.8) is 0 Å². The molecule has 2 aromatic heterocycles. The van der Waals surface area contributed by atoms with Crippen LogP contribution in [0.4, 0.5) is 4.79 Å². The molecule has 1 aromatic carbocycles. The number of amides is 2. The van der Waals surface area contributed by atoms with E-state index in [1.165, 1.54) is 11.6 Å². The number of aromatic amines is 1. The van der Waals surface area contributed by atoms with Crippen molar-refractivity contribution >= 4 is 6.03 Å². The van der Waals surface area contributed by atoms with E-state index in [1.807, 2.05) is 24.4 Å². The Kier molecular flexibility index (Phi) is 4.92. The number of carbonyl (C=O) groups excluding carboxylic acids is 1. The number of benzene rings is 1. The number of hydrogen-bond acceptors (Lipinski definition) is 4. The zero-order valence-electron chi connectivity index (χ0n) is 16.5. The Morgan fingerprint density at radius 2 is 2.03 bits per heavy atom. The molecule has 29 heavy (non-hydrogen) atoms. The number of nitrogens with zero attached hydrogens (tertiary/aromatic N) is 4. The number of H-pyrrole nitrogens is 1. The molecule has 150 valence electrons. The van der Waals surface area contributed by atoms with E-state index >= 15 is 0 Å². The van der Waals surface area contributed by atoms with Crippen molar-refractivity contribution in [1.82, 2.24) is 30.0 Å². The third-order valence-corrected chi connectivity index (χ3v) is 5.24. The molecule has 0 spiro atoms. The second kappa shape index (κ2) is 7.54. The monoisotopic (exact) mass is 392 g/mol. The summed E-state index contributed by atoms with van der Waals surface area (Å²) in [6.07, 6.45) is 3.74. The lowest BCUT2D eigenvalue weighted by Gasteiger charge is -2.53. The quantitative estimate of drug-likeness (QED) is 0.696. The summed E-state index contributed by atoms with van der Waals surface area (Å²) in [7, 11) is 0. The van der Waals surface area contributed by atoms with E-state index in [1.54, 1.807) is 17.2 Å². The van der Waals surface area contributed by atoms with E-state index in [2.05, 4.69) is 51.0 Å². The largest absolute Gasteiger partial charge is 0.332 e. The van der Waals surface area contributed by atoms with E-state index in [0.717, 1.165) is 5.82 Å². The van der Waals surface area contributed by atoms with Gasteiger partial charge >= 0.3 is 6.03 Å². The van der Waals surface area contributed by atoms with Crippen LogP contribution in [-0.2, 0) is 13.1 Å². The molecule has 0 radical (unpaired) electrons. The topological polar surface area (TPSA) is 95.9 Å². The van der Waals surface area contributed by atoms with Crippen LogP contribution in [0.3, 0.4) is 0 Å². The normalized spacial score (nSPS) is 17.6. The lowest BCUT2D eigenvalue weighted by Crippen LogP contribution is -2.60. The lowest BCUT2D eigenvalue weighted by molar-refractivity contribution is -0.0234. The number of imidazole rings is 1. The maximum atomic E-state index is 12.8. The smallest absolute Gasteiger partial charge is 0.318 e. The summed E-state index contributed by atoms with van der Waals surface area (Å²) in [4.78, 5) is 30.3. The van der Waals surface area contributed by atoms with Gasteiger partial charge in [0.2, 0.25) is 0 Å². The van der Waals surface area contributed by atoms with Crippen molar-refractivity contribution in [1.29, 1.82) is 0 Å². The van der Waals surface area contributed by atoms with Crippen LogP contribution in [0.15, 0.2) is 59.7 Å². The van der Waals surface area contributed by atoms with Gasteiger partial charge in [-0.1, -0.05) is 44.2 Å². The molecule has 8 heteroatoms. The van der Waals surface area contributed by atoms with Gasteiger partial charge in [-0.2, -0.15) is 5.10 Å². The fourth-order valence-corrected chi connectivity index (χ4v) is 3.83. The Balaban J connectivity index is 1.49. The highest BCUT2D eigenvalue weighted by Crippen LogP contribution is 2.47. The maximum Gasteiger partial charge on any atom is 0.318 e. The van der Waals surface area contributed by atoms with Crippen LogP contribution >= 0.6 is 0 Å². The first-order valence-corrected chi connectivity index (χ1v) is 9.58. The SMILES string of the molecule is CC1(C)CN(C(=O)NCc2ccc(=O)[nH]n2)C1c1nccn1Cc1ccccc1. The molecule has 0 bridgehead atoms. The molecule has 0 saturated carbocycles. The third kappa shape index (κ3) is 3.91. The summed E-state index contributed by atoms with van der Waals surface area (Å²) >= 11 is 0. The molecule has 1 aliphatic heterocycles. The predicted molar refractivity (Wildman–Crippen MR) is 108 cm³/mol. The van der Waals surface area contributed by atoms with E-state index in [0.29, 0.717) is 18.8 Å². The number of likely N-dealkylation sites (tertiary alicyclic amines) is 1. The van der Waals surface area contributed by atoms with Crippen molar-refractivity contribution in [3.05, 3.63) is 82.3 Å². The minimum Gasteiger partial charge on any atom is -0.332 e. The lowest BCUT2D eigenvalue weighted by atomic mass is 9.74. The van der Waals surface area contributed by atoms with Gasteiger partial charge in [0, 0.05) is 37.0 Å². The second-order valence-electron chi connectivity index (χ2n) is 7.99. The van der Waals surface area contributed by atoms with Crippen molar-refractivity contribution in [3.8, 4) is 0 Å². The van der Waals surface area contributed by atoms with Gasteiger partial charge < -0.3 is 14.8 Å². The van der Waals surface area contributed by atoms with Gasteiger partial charge in [-0.15, -0.1) is 0 Å². The molecule has 1 atom stereocenters. The van der Waals surface area contributed by atoms with Crippen LogP contribution in [0.2, 0.25) is 0 Å². The molecule has 0 aliphatic carbocycles. The van der Waals surface area contributed by atoms with Crippen LogP contribution in [0.5, 0.6) is 0 Å². The molecule has 2 N–H and O–H groups in total. The summed E-state index contributed by atoms with van der Waals surface area (Å²) in [6, 6.07) is 12.9. The Morgan fingerprint density at radius 3 is 2.72 bits per heavy atom. The number of rotatable bonds is 5. The van der Waals surface area contributed by atoms with Gasteiger partial charge in [-0.3, -0.25) is 4.79 Å². The Morgan fingerprint density at radius 1 is 1.24 bits per heavy atom. The van der Waals surface area contributed by atoms with Gasteiger partial charge in [0.15, 0.2) is 0 Å². The summed E-state index contributed by atoms with van der Waals surface area (Å²) in [5, 5.41) is 9.18. The standard InChI is InChI=1S/C21H24N6O2/c1-21(2)14-27(20(29)23-12-16-8-9-17(28)25-24-16)18(21)19-22-10-11-26(19)13-15-6-4-3-5-7-15/h3-11,18H,12-14H2,1-2H3,(H,23,29)(H,25,28). The maximum absolute atomic E-state index is 12.8. The number of urea groups is 1. The molecule has 1 aliphatic rings. The van der Waals surface area contributed by atoms with E-state index in [9.17, 15) is 9.59 Å². The fraction of sp³-hybridized carbons (Fsp3) is 0.333. The predicted octanol–water partition coefficient (Wildman–Crippen LogP) is 2.31. The van der Waals surface area contributed by atoms with E-state index < -0.39 is 0 Å².